The molecule has 3 rings (SSSR count). The molecule has 0 aliphatic heterocycles. The molecule has 2 N–H and O–H groups in total. The van der Waals surface area contributed by atoms with Crippen LogP contribution in [0.1, 0.15) is 34.7 Å². The van der Waals surface area contributed by atoms with Gasteiger partial charge in [0, 0.05) is 43.0 Å². The van der Waals surface area contributed by atoms with E-state index in [4.69, 9.17) is 0 Å². The number of rotatable bonds is 6. The SMILES string of the molecule is CCc1cnc(CCNC(=NC)NC2CC2c2ccccc2)s1.I. The molecule has 6 heteroatoms. The monoisotopic (exact) mass is 456 g/mol. The highest BCUT2D eigenvalue weighted by atomic mass is 127. The molecule has 1 saturated carbocycles. The van der Waals surface area contributed by atoms with Gasteiger partial charge in [-0.05, 0) is 18.4 Å². The zero-order valence-corrected chi connectivity index (χ0v) is 17.3. The van der Waals surface area contributed by atoms with Gasteiger partial charge in [-0.25, -0.2) is 4.98 Å². The van der Waals surface area contributed by atoms with Gasteiger partial charge in [-0.2, -0.15) is 0 Å². The van der Waals surface area contributed by atoms with Crippen molar-refractivity contribution in [2.24, 2.45) is 4.99 Å². The standard InChI is InChI=1S/C18H24N4S.HI/c1-3-14-12-21-17(23-14)9-10-20-18(19-2)22-16-11-15(16)13-7-5-4-6-8-13;/h4-8,12,15-16H,3,9-11H2,1-2H3,(H2,19,20,22);1H. The molecule has 130 valence electrons. The lowest BCUT2D eigenvalue weighted by molar-refractivity contribution is 0.778. The molecule has 0 bridgehead atoms. The van der Waals surface area contributed by atoms with E-state index in [1.165, 1.54) is 21.9 Å². The van der Waals surface area contributed by atoms with Crippen molar-refractivity contribution in [1.29, 1.82) is 0 Å². The first-order valence-corrected chi connectivity index (χ1v) is 9.07. The van der Waals surface area contributed by atoms with E-state index in [1.807, 2.05) is 13.2 Å². The molecular weight excluding hydrogens is 431 g/mol. The minimum absolute atomic E-state index is 0. The molecule has 1 aromatic carbocycles. The van der Waals surface area contributed by atoms with Crippen LogP contribution in [-0.4, -0.2) is 30.6 Å². The Bertz CT molecular complexity index is 656. The van der Waals surface area contributed by atoms with E-state index in [0.717, 1.165) is 25.3 Å². The lowest BCUT2D eigenvalue weighted by atomic mass is 10.1. The van der Waals surface area contributed by atoms with E-state index in [-0.39, 0.29) is 24.0 Å². The van der Waals surface area contributed by atoms with Crippen molar-refractivity contribution in [3.05, 3.63) is 52.0 Å². The van der Waals surface area contributed by atoms with Crippen molar-refractivity contribution in [2.45, 2.75) is 38.1 Å². The Labute approximate surface area is 165 Å². The molecule has 4 nitrogen and oxygen atoms in total. The number of hydrogen-bond donors (Lipinski definition) is 2. The van der Waals surface area contributed by atoms with Crippen LogP contribution in [0.15, 0.2) is 41.5 Å². The van der Waals surface area contributed by atoms with Gasteiger partial charge in [0.05, 0.1) is 5.01 Å². The average molecular weight is 456 g/mol. The second kappa shape index (κ2) is 9.36. The summed E-state index contributed by atoms with van der Waals surface area (Å²) in [5.41, 5.74) is 1.41. The molecular formula is C18H25IN4S. The highest BCUT2D eigenvalue weighted by Gasteiger charge is 2.38. The molecule has 1 fully saturated rings. The topological polar surface area (TPSA) is 49.3 Å². The molecule has 1 aliphatic rings. The minimum Gasteiger partial charge on any atom is -0.356 e. The molecule has 1 aliphatic carbocycles. The van der Waals surface area contributed by atoms with Crippen LogP contribution in [0.25, 0.3) is 0 Å². The number of thiazole rings is 1. The average Bonchev–Trinajstić information content (AvgIpc) is 3.21. The number of aryl methyl sites for hydroxylation is 1. The van der Waals surface area contributed by atoms with Crippen LogP contribution in [-0.2, 0) is 12.8 Å². The Kier molecular flexibility index (Phi) is 7.48. The van der Waals surface area contributed by atoms with Gasteiger partial charge in [-0.15, -0.1) is 35.3 Å². The fourth-order valence-corrected chi connectivity index (χ4v) is 3.57. The fraction of sp³-hybridized carbons (Fsp3) is 0.444. The summed E-state index contributed by atoms with van der Waals surface area (Å²) in [4.78, 5) is 10.1. The zero-order chi connectivity index (χ0) is 16.1. The molecule has 0 amide bonds. The first-order valence-electron chi connectivity index (χ1n) is 8.26. The number of aromatic nitrogens is 1. The van der Waals surface area contributed by atoms with Crippen LogP contribution < -0.4 is 10.6 Å². The Hall–Kier alpha value is -1.15. The molecule has 1 heterocycles. The summed E-state index contributed by atoms with van der Waals surface area (Å²) < 4.78 is 0. The summed E-state index contributed by atoms with van der Waals surface area (Å²) in [6, 6.07) is 11.2. The van der Waals surface area contributed by atoms with Gasteiger partial charge in [0.1, 0.15) is 0 Å². The first kappa shape index (κ1) is 19.2. The van der Waals surface area contributed by atoms with Crippen LogP contribution in [0.3, 0.4) is 0 Å². The minimum atomic E-state index is 0. The molecule has 2 atom stereocenters. The van der Waals surface area contributed by atoms with Crippen LogP contribution in [0, 0.1) is 0 Å². The highest BCUT2D eigenvalue weighted by molar-refractivity contribution is 14.0. The summed E-state index contributed by atoms with van der Waals surface area (Å²) in [5, 5.41) is 8.10. The van der Waals surface area contributed by atoms with Crippen molar-refractivity contribution < 1.29 is 0 Å². The van der Waals surface area contributed by atoms with E-state index in [1.54, 1.807) is 11.3 Å². The van der Waals surface area contributed by atoms with Gasteiger partial charge in [0.2, 0.25) is 0 Å². The number of benzene rings is 1. The van der Waals surface area contributed by atoms with Gasteiger partial charge >= 0.3 is 0 Å². The molecule has 2 unspecified atom stereocenters. The lowest BCUT2D eigenvalue weighted by Gasteiger charge is -2.11. The van der Waals surface area contributed by atoms with Crippen LogP contribution in [0.4, 0.5) is 0 Å². The number of hydrogen-bond acceptors (Lipinski definition) is 3. The second-order valence-corrected chi connectivity index (χ2v) is 7.03. The maximum Gasteiger partial charge on any atom is 0.191 e. The first-order chi connectivity index (χ1) is 11.3. The Balaban J connectivity index is 0.00000208. The predicted octanol–water partition coefficient (Wildman–Crippen LogP) is 3.59. The Morgan fingerprint density at radius 1 is 1.33 bits per heavy atom. The normalized spacial score (nSPS) is 19.5. The van der Waals surface area contributed by atoms with E-state index >= 15 is 0 Å². The van der Waals surface area contributed by atoms with Crippen LogP contribution in [0.2, 0.25) is 0 Å². The quantitative estimate of drug-likeness (QED) is 0.397. The predicted molar refractivity (Wildman–Crippen MR) is 113 cm³/mol. The zero-order valence-electron chi connectivity index (χ0n) is 14.2. The maximum atomic E-state index is 4.45. The summed E-state index contributed by atoms with van der Waals surface area (Å²) in [5.74, 6) is 1.50. The molecule has 0 saturated heterocycles. The highest BCUT2D eigenvalue weighted by Crippen LogP contribution is 2.40. The summed E-state index contributed by atoms with van der Waals surface area (Å²) in [7, 11) is 1.83. The maximum absolute atomic E-state index is 4.45. The molecule has 1 aromatic heterocycles. The van der Waals surface area contributed by atoms with Crippen molar-refractivity contribution in [3.8, 4) is 0 Å². The van der Waals surface area contributed by atoms with Gasteiger partial charge in [-0.1, -0.05) is 37.3 Å². The van der Waals surface area contributed by atoms with Crippen molar-refractivity contribution in [2.75, 3.05) is 13.6 Å². The second-order valence-electron chi connectivity index (χ2n) is 5.83. The van der Waals surface area contributed by atoms with Gasteiger partial charge in [0.25, 0.3) is 0 Å². The van der Waals surface area contributed by atoms with Crippen molar-refractivity contribution in [3.63, 3.8) is 0 Å². The van der Waals surface area contributed by atoms with Crippen LogP contribution >= 0.6 is 35.3 Å². The number of nitrogens with zero attached hydrogens (tertiary/aromatic N) is 2. The van der Waals surface area contributed by atoms with Crippen LogP contribution in [0.5, 0.6) is 0 Å². The smallest absolute Gasteiger partial charge is 0.191 e. The number of guanidine groups is 1. The molecule has 0 spiro atoms. The summed E-state index contributed by atoms with van der Waals surface area (Å²) in [6.45, 7) is 3.03. The van der Waals surface area contributed by atoms with Gasteiger partial charge < -0.3 is 10.6 Å². The lowest BCUT2D eigenvalue weighted by Crippen LogP contribution is -2.39. The van der Waals surface area contributed by atoms with E-state index in [9.17, 15) is 0 Å². The number of aliphatic imine (C=N–C) groups is 1. The van der Waals surface area contributed by atoms with Gasteiger partial charge in [-0.3, -0.25) is 4.99 Å². The van der Waals surface area contributed by atoms with E-state index < -0.39 is 0 Å². The molecule has 2 aromatic rings. The Morgan fingerprint density at radius 2 is 2.12 bits per heavy atom. The molecule has 0 radical (unpaired) electrons. The third-order valence-corrected chi connectivity index (χ3v) is 5.35. The summed E-state index contributed by atoms with van der Waals surface area (Å²) >= 11 is 1.80. The number of nitrogens with one attached hydrogen (secondary N) is 2. The third kappa shape index (κ3) is 5.17. The fourth-order valence-electron chi connectivity index (χ4n) is 2.71. The third-order valence-electron chi connectivity index (χ3n) is 4.15. The van der Waals surface area contributed by atoms with E-state index in [0.29, 0.717) is 12.0 Å². The van der Waals surface area contributed by atoms with Gasteiger partial charge in [0.15, 0.2) is 5.96 Å². The Morgan fingerprint density at radius 3 is 2.79 bits per heavy atom. The summed E-state index contributed by atoms with van der Waals surface area (Å²) in [6.07, 6.45) is 5.17. The molecule has 24 heavy (non-hydrogen) atoms. The van der Waals surface area contributed by atoms with Crippen molar-refractivity contribution >= 4 is 41.3 Å². The van der Waals surface area contributed by atoms with E-state index in [2.05, 4.69) is 57.9 Å². The largest absolute Gasteiger partial charge is 0.356 e. The van der Waals surface area contributed by atoms with Crippen molar-refractivity contribution in [1.82, 2.24) is 15.6 Å². The number of halogens is 1.